The maximum absolute atomic E-state index is 12.5. The molecule has 1 N–H and O–H groups in total. The van der Waals surface area contributed by atoms with Gasteiger partial charge in [0.15, 0.2) is 0 Å². The van der Waals surface area contributed by atoms with Crippen LogP contribution in [0, 0.1) is 0 Å². The number of amides is 1. The van der Waals surface area contributed by atoms with Crippen LogP contribution in [-0.2, 0) is 13.0 Å². The van der Waals surface area contributed by atoms with Crippen molar-refractivity contribution >= 4 is 5.91 Å². The standard InChI is InChI=1S/C23H30N2O/c1-3-19-7-11-21(12-8-19)18(2)24-23(26)22-13-9-20(10-14-22)17-25-15-5-4-6-16-25/h7-14,18H,3-6,15-17H2,1-2H3,(H,24,26)/t18-/m1/s1. The van der Waals surface area contributed by atoms with E-state index in [-0.39, 0.29) is 11.9 Å². The van der Waals surface area contributed by atoms with Crippen LogP contribution in [0.4, 0.5) is 0 Å². The number of likely N-dealkylation sites (tertiary alicyclic amines) is 1. The summed E-state index contributed by atoms with van der Waals surface area (Å²) in [5.74, 6) is -0.0124. The van der Waals surface area contributed by atoms with Crippen LogP contribution < -0.4 is 5.32 Å². The third kappa shape index (κ3) is 4.95. The van der Waals surface area contributed by atoms with Crippen LogP contribution in [0.25, 0.3) is 0 Å². The van der Waals surface area contributed by atoms with Gasteiger partial charge in [-0.05, 0) is 68.1 Å². The summed E-state index contributed by atoms with van der Waals surface area (Å²) in [6.45, 7) is 7.55. The van der Waals surface area contributed by atoms with E-state index in [0.29, 0.717) is 0 Å². The third-order valence-electron chi connectivity index (χ3n) is 5.31. The van der Waals surface area contributed by atoms with Crippen molar-refractivity contribution in [3.05, 3.63) is 70.8 Å². The number of hydrogen-bond donors (Lipinski definition) is 1. The van der Waals surface area contributed by atoms with Gasteiger partial charge in [-0.2, -0.15) is 0 Å². The Morgan fingerprint density at radius 3 is 2.19 bits per heavy atom. The molecule has 1 heterocycles. The Morgan fingerprint density at radius 2 is 1.58 bits per heavy atom. The zero-order valence-electron chi connectivity index (χ0n) is 16.0. The van der Waals surface area contributed by atoms with Crippen LogP contribution in [-0.4, -0.2) is 23.9 Å². The Bertz CT molecular complexity index is 700. The molecule has 138 valence electrons. The normalized spacial score (nSPS) is 16.2. The van der Waals surface area contributed by atoms with Crippen LogP contribution in [0.5, 0.6) is 0 Å². The zero-order valence-corrected chi connectivity index (χ0v) is 16.0. The highest BCUT2D eigenvalue weighted by atomic mass is 16.1. The topological polar surface area (TPSA) is 32.3 Å². The second-order valence-corrected chi connectivity index (χ2v) is 7.32. The molecule has 3 rings (SSSR count). The highest BCUT2D eigenvalue weighted by molar-refractivity contribution is 5.94. The highest BCUT2D eigenvalue weighted by Gasteiger charge is 2.13. The van der Waals surface area contributed by atoms with Crippen LogP contribution in [0.1, 0.15) is 66.2 Å². The first-order valence-corrected chi connectivity index (χ1v) is 9.86. The molecular formula is C23H30N2O. The number of hydrogen-bond acceptors (Lipinski definition) is 2. The SMILES string of the molecule is CCc1ccc([C@@H](C)NC(=O)c2ccc(CN3CCCCC3)cc2)cc1. The molecule has 1 fully saturated rings. The number of nitrogens with zero attached hydrogens (tertiary/aromatic N) is 1. The van der Waals surface area contributed by atoms with Crippen molar-refractivity contribution in [1.82, 2.24) is 10.2 Å². The van der Waals surface area contributed by atoms with E-state index in [1.165, 1.54) is 43.5 Å². The lowest BCUT2D eigenvalue weighted by Gasteiger charge is -2.26. The van der Waals surface area contributed by atoms with Crippen molar-refractivity contribution in [2.75, 3.05) is 13.1 Å². The summed E-state index contributed by atoms with van der Waals surface area (Å²) in [7, 11) is 0. The highest BCUT2D eigenvalue weighted by Crippen LogP contribution is 2.16. The predicted molar refractivity (Wildman–Crippen MR) is 107 cm³/mol. The number of aryl methyl sites for hydroxylation is 1. The van der Waals surface area contributed by atoms with E-state index in [1.807, 2.05) is 19.1 Å². The van der Waals surface area contributed by atoms with E-state index in [1.54, 1.807) is 0 Å². The average Bonchev–Trinajstić information content (AvgIpc) is 2.69. The van der Waals surface area contributed by atoms with Gasteiger partial charge in [0.25, 0.3) is 5.91 Å². The van der Waals surface area contributed by atoms with Crippen LogP contribution in [0.15, 0.2) is 48.5 Å². The molecule has 3 heteroatoms. The Hall–Kier alpha value is -2.13. The van der Waals surface area contributed by atoms with Gasteiger partial charge < -0.3 is 5.32 Å². The molecule has 26 heavy (non-hydrogen) atoms. The fourth-order valence-corrected chi connectivity index (χ4v) is 3.54. The molecule has 0 bridgehead atoms. The third-order valence-corrected chi connectivity index (χ3v) is 5.31. The summed E-state index contributed by atoms with van der Waals surface area (Å²) in [6, 6.07) is 16.5. The van der Waals surface area contributed by atoms with Crippen molar-refractivity contribution in [1.29, 1.82) is 0 Å². The second kappa shape index (κ2) is 9.00. The summed E-state index contributed by atoms with van der Waals surface area (Å²) < 4.78 is 0. The summed E-state index contributed by atoms with van der Waals surface area (Å²) in [5, 5.41) is 3.10. The minimum absolute atomic E-state index is 0.00133. The minimum Gasteiger partial charge on any atom is -0.346 e. The number of piperidine rings is 1. The Balaban J connectivity index is 1.56. The largest absolute Gasteiger partial charge is 0.346 e. The Labute approximate surface area is 157 Å². The smallest absolute Gasteiger partial charge is 0.251 e. The van der Waals surface area contributed by atoms with Crippen molar-refractivity contribution in [3.8, 4) is 0 Å². The first-order chi connectivity index (χ1) is 12.7. The van der Waals surface area contributed by atoms with E-state index >= 15 is 0 Å². The quantitative estimate of drug-likeness (QED) is 0.817. The molecule has 0 aromatic heterocycles. The van der Waals surface area contributed by atoms with E-state index in [0.717, 1.165) is 24.1 Å². The van der Waals surface area contributed by atoms with Crippen molar-refractivity contribution in [2.24, 2.45) is 0 Å². The number of nitrogens with one attached hydrogen (secondary N) is 1. The van der Waals surface area contributed by atoms with Crippen molar-refractivity contribution < 1.29 is 4.79 Å². The van der Waals surface area contributed by atoms with Gasteiger partial charge in [-0.15, -0.1) is 0 Å². The van der Waals surface area contributed by atoms with Gasteiger partial charge >= 0.3 is 0 Å². The van der Waals surface area contributed by atoms with Gasteiger partial charge in [0.1, 0.15) is 0 Å². The van der Waals surface area contributed by atoms with Crippen molar-refractivity contribution in [3.63, 3.8) is 0 Å². The van der Waals surface area contributed by atoms with Crippen LogP contribution >= 0.6 is 0 Å². The van der Waals surface area contributed by atoms with Gasteiger partial charge in [-0.1, -0.05) is 49.7 Å². The lowest BCUT2D eigenvalue weighted by molar-refractivity contribution is 0.0940. The van der Waals surface area contributed by atoms with Gasteiger partial charge in [0.2, 0.25) is 0 Å². The number of carbonyl (C=O) groups is 1. The van der Waals surface area contributed by atoms with E-state index in [2.05, 4.69) is 53.5 Å². The molecule has 1 atom stereocenters. The zero-order chi connectivity index (χ0) is 18.4. The molecule has 0 saturated carbocycles. The summed E-state index contributed by atoms with van der Waals surface area (Å²) >= 11 is 0. The molecular weight excluding hydrogens is 320 g/mol. The molecule has 1 aliphatic rings. The lowest BCUT2D eigenvalue weighted by atomic mass is 10.0. The summed E-state index contributed by atoms with van der Waals surface area (Å²) in [6.07, 6.45) is 5.00. The minimum atomic E-state index is -0.0124. The Morgan fingerprint density at radius 1 is 0.962 bits per heavy atom. The first-order valence-electron chi connectivity index (χ1n) is 9.86. The molecule has 0 spiro atoms. The number of rotatable bonds is 6. The van der Waals surface area contributed by atoms with Crippen LogP contribution in [0.2, 0.25) is 0 Å². The maximum atomic E-state index is 12.5. The molecule has 1 amide bonds. The van der Waals surface area contributed by atoms with Gasteiger partial charge in [0.05, 0.1) is 6.04 Å². The maximum Gasteiger partial charge on any atom is 0.251 e. The van der Waals surface area contributed by atoms with Gasteiger partial charge in [-0.25, -0.2) is 0 Å². The van der Waals surface area contributed by atoms with E-state index < -0.39 is 0 Å². The molecule has 2 aromatic carbocycles. The number of carbonyl (C=O) groups excluding carboxylic acids is 1. The molecule has 1 saturated heterocycles. The lowest BCUT2D eigenvalue weighted by Crippen LogP contribution is -2.29. The summed E-state index contributed by atoms with van der Waals surface area (Å²) in [5.41, 5.74) is 4.46. The number of benzene rings is 2. The molecule has 3 nitrogen and oxygen atoms in total. The van der Waals surface area contributed by atoms with Gasteiger partial charge in [0, 0.05) is 12.1 Å². The second-order valence-electron chi connectivity index (χ2n) is 7.32. The molecule has 0 unspecified atom stereocenters. The molecule has 0 aliphatic carbocycles. The molecule has 1 aliphatic heterocycles. The Kier molecular flexibility index (Phi) is 6.45. The van der Waals surface area contributed by atoms with E-state index in [4.69, 9.17) is 0 Å². The summed E-state index contributed by atoms with van der Waals surface area (Å²) in [4.78, 5) is 15.0. The molecule has 2 aromatic rings. The van der Waals surface area contributed by atoms with Crippen molar-refractivity contribution in [2.45, 2.75) is 52.1 Å². The van der Waals surface area contributed by atoms with Gasteiger partial charge in [-0.3, -0.25) is 9.69 Å². The first kappa shape index (κ1) is 18.7. The average molecular weight is 351 g/mol. The van der Waals surface area contributed by atoms with E-state index in [9.17, 15) is 4.79 Å². The fraction of sp³-hybridized carbons (Fsp3) is 0.435. The fourth-order valence-electron chi connectivity index (χ4n) is 3.54. The predicted octanol–water partition coefficient (Wildman–Crippen LogP) is 4.73. The molecule has 0 radical (unpaired) electrons. The van der Waals surface area contributed by atoms with Crippen LogP contribution in [0.3, 0.4) is 0 Å². The monoisotopic (exact) mass is 350 g/mol.